The van der Waals surface area contributed by atoms with Crippen LogP contribution in [0, 0.1) is 11.6 Å². The molecule has 0 unspecified atom stereocenters. The third kappa shape index (κ3) is 4.84. The van der Waals surface area contributed by atoms with Crippen LogP contribution in [0.3, 0.4) is 0 Å². The highest BCUT2D eigenvalue weighted by molar-refractivity contribution is 7.83. The van der Waals surface area contributed by atoms with Gasteiger partial charge in [0.2, 0.25) is 11.6 Å². The van der Waals surface area contributed by atoms with Gasteiger partial charge < -0.3 is 15.2 Å². The molecule has 0 aromatic heterocycles. The van der Waals surface area contributed by atoms with Crippen molar-refractivity contribution < 1.29 is 22.9 Å². The Morgan fingerprint density at radius 3 is 1.50 bits per heavy atom. The smallest absolute Gasteiger partial charge is 0.215 e. The molecule has 5 nitrogen and oxygen atoms in total. The molecular weight excluding hydrogens is 505 g/mol. The Kier molecular flexibility index (Phi) is 6.86. The average molecular weight is 526 g/mol. The van der Waals surface area contributed by atoms with Crippen LogP contribution in [0.5, 0.6) is 0 Å². The van der Waals surface area contributed by atoms with E-state index in [1.54, 1.807) is 60.7 Å². The predicted octanol–water partition coefficient (Wildman–Crippen LogP) is 5.75. The summed E-state index contributed by atoms with van der Waals surface area (Å²) in [5, 5.41) is 6.32. The van der Waals surface area contributed by atoms with Gasteiger partial charge in [-0.1, -0.05) is 60.7 Å². The first kappa shape index (κ1) is 25.1. The largest absolute Gasteiger partial charge is 0.352 e. The third-order valence-corrected chi connectivity index (χ3v) is 9.12. The fourth-order valence-corrected chi connectivity index (χ4v) is 7.08. The van der Waals surface area contributed by atoms with Gasteiger partial charge in [0.1, 0.15) is 17.3 Å². The van der Waals surface area contributed by atoms with Gasteiger partial charge >= 0.3 is 0 Å². The number of nitrogens with one attached hydrogen (secondary N) is 2. The van der Waals surface area contributed by atoms with E-state index in [1.165, 1.54) is 48.5 Å². The summed E-state index contributed by atoms with van der Waals surface area (Å²) < 4.78 is 42.2. The standard InChI is InChI=1S/C30H21F2N2O3P/c31-20-11-15-22(16-12-20)33-26-19-27(35)28(34-23-17-13-21(32)14-18-23)30(29(26)36)38(37,24-7-3-1-4-8-24)25-9-5-2-6-10-25/h1-19,33-34H. The van der Waals surface area contributed by atoms with Crippen LogP contribution >= 0.6 is 7.14 Å². The first-order valence-electron chi connectivity index (χ1n) is 11.7. The van der Waals surface area contributed by atoms with Crippen LogP contribution in [-0.4, -0.2) is 11.6 Å². The first-order valence-corrected chi connectivity index (χ1v) is 13.4. The van der Waals surface area contributed by atoms with E-state index in [-0.39, 0.29) is 16.7 Å². The van der Waals surface area contributed by atoms with Gasteiger partial charge in [0.15, 0.2) is 7.14 Å². The van der Waals surface area contributed by atoms with Crippen molar-refractivity contribution in [2.24, 2.45) is 0 Å². The third-order valence-electron chi connectivity index (χ3n) is 6.01. The minimum absolute atomic E-state index is 0.103. The van der Waals surface area contributed by atoms with E-state index in [4.69, 9.17) is 0 Å². The number of carbonyl (C=O) groups is 2. The zero-order valence-corrected chi connectivity index (χ0v) is 20.8. The van der Waals surface area contributed by atoms with E-state index in [0.717, 1.165) is 6.08 Å². The van der Waals surface area contributed by atoms with Gasteiger partial charge in [0, 0.05) is 28.1 Å². The maximum absolute atomic E-state index is 15.2. The molecule has 1 aliphatic carbocycles. The number of benzene rings is 4. The molecule has 4 aromatic rings. The molecule has 0 spiro atoms. The van der Waals surface area contributed by atoms with Gasteiger partial charge in [-0.25, -0.2) is 8.78 Å². The number of allylic oxidation sites excluding steroid dienone is 2. The maximum Gasteiger partial charge on any atom is 0.215 e. The lowest BCUT2D eigenvalue weighted by molar-refractivity contribution is -0.115. The molecule has 8 heteroatoms. The van der Waals surface area contributed by atoms with Gasteiger partial charge in [-0.3, -0.25) is 9.59 Å². The Bertz CT molecular complexity index is 1570. The molecule has 0 saturated heterocycles. The zero-order chi connectivity index (χ0) is 26.7. The van der Waals surface area contributed by atoms with Crippen molar-refractivity contribution >= 4 is 40.7 Å². The highest BCUT2D eigenvalue weighted by Gasteiger charge is 2.43. The van der Waals surface area contributed by atoms with Gasteiger partial charge in [0.25, 0.3) is 0 Å². The Balaban J connectivity index is 1.71. The number of carbonyl (C=O) groups excluding carboxylic acids is 2. The zero-order valence-electron chi connectivity index (χ0n) is 19.9. The second kappa shape index (κ2) is 10.4. The predicted molar refractivity (Wildman–Crippen MR) is 145 cm³/mol. The molecule has 5 rings (SSSR count). The summed E-state index contributed by atoms with van der Waals surface area (Å²) in [6, 6.07) is 27.5. The number of hydrogen-bond donors (Lipinski definition) is 2. The van der Waals surface area contributed by atoms with Crippen molar-refractivity contribution in [1.82, 2.24) is 0 Å². The van der Waals surface area contributed by atoms with Crippen LogP contribution in [0.25, 0.3) is 0 Å². The quantitative estimate of drug-likeness (QED) is 0.237. The van der Waals surface area contributed by atoms with Crippen LogP contribution in [-0.2, 0) is 14.2 Å². The van der Waals surface area contributed by atoms with E-state index in [0.29, 0.717) is 22.0 Å². The molecule has 188 valence electrons. The van der Waals surface area contributed by atoms with Crippen LogP contribution in [0.15, 0.2) is 132 Å². The summed E-state index contributed by atoms with van der Waals surface area (Å²) in [7, 11) is -3.91. The molecule has 0 heterocycles. The van der Waals surface area contributed by atoms with E-state index < -0.39 is 30.3 Å². The summed E-state index contributed by atoms with van der Waals surface area (Å²) in [6.07, 6.45) is 1.11. The molecule has 1 aliphatic rings. The molecule has 0 amide bonds. The lowest BCUT2D eigenvalue weighted by Crippen LogP contribution is -2.31. The lowest BCUT2D eigenvalue weighted by atomic mass is 10.0. The second-order valence-electron chi connectivity index (χ2n) is 8.52. The lowest BCUT2D eigenvalue weighted by Gasteiger charge is -2.28. The number of hydrogen-bond acceptors (Lipinski definition) is 5. The highest BCUT2D eigenvalue weighted by atomic mass is 31.2. The minimum atomic E-state index is -3.91. The number of Topliss-reactive ketones (excluding diaryl/α,β-unsaturated/α-hetero) is 1. The van der Waals surface area contributed by atoms with Crippen molar-refractivity contribution in [1.29, 1.82) is 0 Å². The molecule has 2 N–H and O–H groups in total. The normalized spacial score (nSPS) is 13.8. The molecule has 0 saturated carbocycles. The highest BCUT2D eigenvalue weighted by Crippen LogP contribution is 2.55. The molecular formula is C30H21F2N2O3P. The molecule has 0 bridgehead atoms. The van der Waals surface area contributed by atoms with Crippen LogP contribution < -0.4 is 21.2 Å². The first-order chi connectivity index (χ1) is 18.4. The fraction of sp³-hybridized carbons (Fsp3) is 0. The molecule has 38 heavy (non-hydrogen) atoms. The molecule has 0 radical (unpaired) electrons. The van der Waals surface area contributed by atoms with Crippen LogP contribution in [0.1, 0.15) is 0 Å². The number of ketones is 2. The molecule has 0 fully saturated rings. The topological polar surface area (TPSA) is 75.3 Å². The van der Waals surface area contributed by atoms with E-state index >= 15 is 4.57 Å². The van der Waals surface area contributed by atoms with Gasteiger partial charge in [-0.15, -0.1) is 0 Å². The molecule has 0 atom stereocenters. The molecule has 4 aromatic carbocycles. The van der Waals surface area contributed by atoms with E-state index in [1.807, 2.05) is 0 Å². The monoisotopic (exact) mass is 526 g/mol. The van der Waals surface area contributed by atoms with E-state index in [9.17, 15) is 18.4 Å². The van der Waals surface area contributed by atoms with Crippen molar-refractivity contribution in [2.75, 3.05) is 10.6 Å². The Morgan fingerprint density at radius 2 is 1.03 bits per heavy atom. The Hall–Kier alpha value is -4.61. The van der Waals surface area contributed by atoms with Crippen molar-refractivity contribution in [2.45, 2.75) is 0 Å². The van der Waals surface area contributed by atoms with Gasteiger partial charge in [0.05, 0.1) is 11.0 Å². The molecule has 0 aliphatic heterocycles. The Labute approximate surface area is 217 Å². The second-order valence-corrected chi connectivity index (χ2v) is 11.2. The number of anilines is 2. The minimum Gasteiger partial charge on any atom is -0.352 e. The summed E-state index contributed by atoms with van der Waals surface area (Å²) in [6.45, 7) is 0. The van der Waals surface area contributed by atoms with Crippen molar-refractivity contribution in [3.05, 3.63) is 144 Å². The van der Waals surface area contributed by atoms with Crippen LogP contribution in [0.4, 0.5) is 20.2 Å². The summed E-state index contributed by atoms with van der Waals surface area (Å²) in [5.74, 6) is -2.18. The van der Waals surface area contributed by atoms with E-state index in [2.05, 4.69) is 10.6 Å². The van der Waals surface area contributed by atoms with Crippen molar-refractivity contribution in [3.63, 3.8) is 0 Å². The number of rotatable bonds is 7. The summed E-state index contributed by atoms with van der Waals surface area (Å²) in [4.78, 5) is 27.6. The van der Waals surface area contributed by atoms with Crippen molar-refractivity contribution in [3.8, 4) is 0 Å². The van der Waals surface area contributed by atoms with Crippen LogP contribution in [0.2, 0.25) is 0 Å². The van der Waals surface area contributed by atoms with Gasteiger partial charge in [-0.2, -0.15) is 0 Å². The summed E-state index contributed by atoms with van der Waals surface area (Å²) in [5.41, 5.74) is 0.453. The maximum atomic E-state index is 15.2. The fourth-order valence-electron chi connectivity index (χ4n) is 4.19. The summed E-state index contributed by atoms with van der Waals surface area (Å²) >= 11 is 0. The van der Waals surface area contributed by atoms with Gasteiger partial charge in [-0.05, 0) is 48.5 Å². The average Bonchev–Trinajstić information content (AvgIpc) is 2.94. The SMILES string of the molecule is O=C1C=C(Nc2ccc(F)cc2)C(=O)C(P(=O)(c2ccccc2)c2ccccc2)=C1Nc1ccc(F)cc1. The number of halogens is 2. The Morgan fingerprint density at radius 1 is 0.579 bits per heavy atom.